The zero-order valence-electron chi connectivity index (χ0n) is 19.9. The Morgan fingerprint density at radius 3 is 2.33 bits per heavy atom. The summed E-state index contributed by atoms with van der Waals surface area (Å²) in [4.78, 5) is 28.4. The quantitative estimate of drug-likeness (QED) is 0.587. The second-order valence-electron chi connectivity index (χ2n) is 9.43. The Morgan fingerprint density at radius 1 is 1.09 bits per heavy atom. The fourth-order valence-corrected chi connectivity index (χ4v) is 4.30. The van der Waals surface area contributed by atoms with Crippen molar-refractivity contribution < 1.29 is 18.7 Å². The second kappa shape index (κ2) is 10.5. The third-order valence-corrected chi connectivity index (χ3v) is 5.94. The third-order valence-electron chi connectivity index (χ3n) is 4.99. The molecule has 1 aromatic carbocycles. The van der Waals surface area contributed by atoms with E-state index in [1.54, 1.807) is 28.0 Å². The highest BCUT2D eigenvalue weighted by Gasteiger charge is 2.28. The molecule has 10 heteroatoms. The van der Waals surface area contributed by atoms with E-state index in [1.165, 1.54) is 17.8 Å². The Morgan fingerprint density at radius 2 is 1.73 bits per heavy atom. The molecule has 0 atom stereocenters. The summed E-state index contributed by atoms with van der Waals surface area (Å²) in [6.07, 6.45) is -0.355. The topological polar surface area (TPSA) is 80.6 Å². The Labute approximate surface area is 198 Å². The van der Waals surface area contributed by atoms with Crippen LogP contribution in [0, 0.1) is 11.7 Å². The van der Waals surface area contributed by atoms with Crippen molar-refractivity contribution in [2.75, 3.05) is 31.9 Å². The summed E-state index contributed by atoms with van der Waals surface area (Å²) in [6, 6.07) is 6.48. The summed E-state index contributed by atoms with van der Waals surface area (Å²) in [5.41, 5.74) is -0.157. The molecular formula is C23H32FN5O3S. The van der Waals surface area contributed by atoms with E-state index < -0.39 is 5.60 Å². The molecule has 0 spiro atoms. The van der Waals surface area contributed by atoms with Crippen LogP contribution < -0.4 is 0 Å². The molecular weight excluding hydrogens is 445 g/mol. The lowest BCUT2D eigenvalue weighted by molar-refractivity contribution is -0.130. The number of ether oxygens (including phenoxy) is 1. The number of amides is 2. The molecule has 0 saturated carbocycles. The van der Waals surface area contributed by atoms with E-state index in [-0.39, 0.29) is 23.6 Å². The molecule has 0 N–H and O–H groups in total. The number of hydrogen-bond donors (Lipinski definition) is 0. The molecule has 1 saturated heterocycles. The van der Waals surface area contributed by atoms with Crippen molar-refractivity contribution in [3.05, 3.63) is 30.1 Å². The fraction of sp³-hybridized carbons (Fsp3) is 0.565. The zero-order chi connectivity index (χ0) is 24.2. The molecule has 1 aliphatic rings. The molecule has 3 rings (SSSR count). The monoisotopic (exact) mass is 477 g/mol. The lowest BCUT2D eigenvalue weighted by Gasteiger charge is -2.35. The number of rotatable bonds is 6. The molecule has 0 unspecified atom stereocenters. The van der Waals surface area contributed by atoms with Gasteiger partial charge in [-0.15, -0.1) is 10.2 Å². The largest absolute Gasteiger partial charge is 0.444 e. The smallest absolute Gasteiger partial charge is 0.410 e. The van der Waals surface area contributed by atoms with E-state index in [9.17, 15) is 14.0 Å². The average molecular weight is 478 g/mol. The molecule has 33 heavy (non-hydrogen) atoms. The Balaban J connectivity index is 1.62. The van der Waals surface area contributed by atoms with Gasteiger partial charge >= 0.3 is 6.09 Å². The molecule has 180 valence electrons. The van der Waals surface area contributed by atoms with Crippen molar-refractivity contribution in [3.63, 3.8) is 0 Å². The fourth-order valence-electron chi connectivity index (χ4n) is 3.45. The van der Waals surface area contributed by atoms with Crippen molar-refractivity contribution in [3.8, 4) is 11.4 Å². The van der Waals surface area contributed by atoms with Crippen LogP contribution in [0.4, 0.5) is 9.18 Å². The van der Waals surface area contributed by atoms with Gasteiger partial charge in [0.2, 0.25) is 5.91 Å². The number of nitrogens with zero attached hydrogens (tertiary/aromatic N) is 5. The predicted octanol–water partition coefficient (Wildman–Crippen LogP) is 3.91. The molecule has 2 amide bonds. The number of piperazine rings is 1. The molecule has 1 aromatic heterocycles. The Bertz CT molecular complexity index is 981. The molecule has 0 bridgehead atoms. The van der Waals surface area contributed by atoms with Crippen molar-refractivity contribution >= 4 is 23.8 Å². The highest BCUT2D eigenvalue weighted by atomic mass is 32.2. The van der Waals surface area contributed by atoms with Crippen LogP contribution in [0.25, 0.3) is 11.4 Å². The van der Waals surface area contributed by atoms with E-state index >= 15 is 0 Å². The van der Waals surface area contributed by atoms with Gasteiger partial charge in [-0.3, -0.25) is 4.79 Å². The zero-order valence-corrected chi connectivity index (χ0v) is 20.7. The van der Waals surface area contributed by atoms with Crippen LogP contribution in [0.3, 0.4) is 0 Å². The second-order valence-corrected chi connectivity index (χ2v) is 10.4. The van der Waals surface area contributed by atoms with Gasteiger partial charge in [0.1, 0.15) is 11.4 Å². The van der Waals surface area contributed by atoms with Crippen LogP contribution in [0.1, 0.15) is 34.6 Å². The van der Waals surface area contributed by atoms with Gasteiger partial charge in [-0.25, -0.2) is 9.18 Å². The number of carbonyl (C=O) groups excluding carboxylic acids is 2. The Hall–Kier alpha value is -2.62. The maximum Gasteiger partial charge on any atom is 0.410 e. The standard InChI is InChI=1S/C23H32FN5O3S/c1-16(2)14-29-20(17-8-6-7-9-18(17)24)25-26-21(29)33-15-19(30)27-10-12-28(13-11-27)22(31)32-23(3,4)5/h6-9,16H,10-15H2,1-5H3. The first kappa shape index (κ1) is 25.0. The van der Waals surface area contributed by atoms with Crippen LogP contribution in [0.15, 0.2) is 29.4 Å². The summed E-state index contributed by atoms with van der Waals surface area (Å²) in [5.74, 6) is 0.561. The minimum atomic E-state index is -0.547. The van der Waals surface area contributed by atoms with Gasteiger partial charge in [-0.2, -0.15) is 0 Å². The highest BCUT2D eigenvalue weighted by Crippen LogP contribution is 2.27. The highest BCUT2D eigenvalue weighted by molar-refractivity contribution is 7.99. The SMILES string of the molecule is CC(C)Cn1c(SCC(=O)N2CCN(C(=O)OC(C)(C)C)CC2)nnc1-c1ccccc1F. The number of thioether (sulfide) groups is 1. The van der Waals surface area contributed by atoms with Crippen LogP contribution >= 0.6 is 11.8 Å². The lowest BCUT2D eigenvalue weighted by atomic mass is 10.2. The van der Waals surface area contributed by atoms with Gasteiger partial charge in [0.05, 0.1) is 11.3 Å². The summed E-state index contributed by atoms with van der Waals surface area (Å²) in [5, 5.41) is 9.05. The number of hydrogen-bond acceptors (Lipinski definition) is 6. The van der Waals surface area contributed by atoms with Gasteiger partial charge < -0.3 is 19.1 Å². The van der Waals surface area contributed by atoms with Gasteiger partial charge in [0, 0.05) is 32.7 Å². The van der Waals surface area contributed by atoms with E-state index in [4.69, 9.17) is 4.74 Å². The van der Waals surface area contributed by atoms with Crippen LogP contribution in [-0.2, 0) is 16.1 Å². The van der Waals surface area contributed by atoms with E-state index in [1.807, 2.05) is 25.3 Å². The third kappa shape index (κ3) is 6.69. The minimum absolute atomic E-state index is 0.0321. The maximum atomic E-state index is 14.4. The van der Waals surface area contributed by atoms with Crippen LogP contribution in [0.2, 0.25) is 0 Å². The van der Waals surface area contributed by atoms with Crippen LogP contribution in [-0.4, -0.2) is 74.1 Å². The van der Waals surface area contributed by atoms with Crippen molar-refractivity contribution in [1.82, 2.24) is 24.6 Å². The molecule has 1 fully saturated rings. The lowest BCUT2D eigenvalue weighted by Crippen LogP contribution is -2.52. The predicted molar refractivity (Wildman–Crippen MR) is 125 cm³/mol. The van der Waals surface area contributed by atoms with Gasteiger partial charge in [0.25, 0.3) is 0 Å². The van der Waals surface area contributed by atoms with E-state index in [2.05, 4.69) is 24.0 Å². The van der Waals surface area contributed by atoms with Crippen LogP contribution in [0.5, 0.6) is 0 Å². The first-order valence-electron chi connectivity index (χ1n) is 11.1. The maximum absolute atomic E-state index is 14.4. The minimum Gasteiger partial charge on any atom is -0.444 e. The summed E-state index contributed by atoms with van der Waals surface area (Å²) in [7, 11) is 0. The number of benzene rings is 1. The van der Waals surface area contributed by atoms with Gasteiger partial charge in [-0.1, -0.05) is 37.7 Å². The summed E-state index contributed by atoms with van der Waals surface area (Å²) < 4.78 is 21.6. The molecule has 8 nitrogen and oxygen atoms in total. The first-order valence-corrected chi connectivity index (χ1v) is 12.1. The van der Waals surface area contributed by atoms with Crippen molar-refractivity contribution in [2.45, 2.75) is 51.9 Å². The molecule has 2 aromatic rings. The number of halogens is 1. The van der Waals surface area contributed by atoms with Gasteiger partial charge in [0.15, 0.2) is 11.0 Å². The van der Waals surface area contributed by atoms with E-state index in [0.717, 1.165) is 0 Å². The molecule has 1 aliphatic heterocycles. The summed E-state index contributed by atoms with van der Waals surface area (Å²) >= 11 is 1.30. The molecule has 0 aliphatic carbocycles. The van der Waals surface area contributed by atoms with Crippen molar-refractivity contribution in [2.24, 2.45) is 5.92 Å². The average Bonchev–Trinajstić information content (AvgIpc) is 3.12. The molecule has 0 radical (unpaired) electrons. The van der Waals surface area contributed by atoms with Gasteiger partial charge in [-0.05, 0) is 38.8 Å². The molecule has 2 heterocycles. The van der Waals surface area contributed by atoms with E-state index in [0.29, 0.717) is 55.2 Å². The summed E-state index contributed by atoms with van der Waals surface area (Å²) in [6.45, 7) is 12.0. The first-order chi connectivity index (χ1) is 15.5. The number of carbonyl (C=O) groups is 2. The normalized spacial score (nSPS) is 14.6. The Kier molecular flexibility index (Phi) is 7.99. The van der Waals surface area contributed by atoms with Crippen molar-refractivity contribution in [1.29, 1.82) is 0 Å². The number of aromatic nitrogens is 3.